The van der Waals surface area contributed by atoms with Crippen molar-refractivity contribution < 1.29 is 14.3 Å². The molecule has 0 radical (unpaired) electrons. The standard InChI is InChI=1S/C17H17NO3/c1-11(2)13-5-3-4-6-14(13)18-17(19)12-7-8-15-16(9-12)21-10-20-15/h3-9,11H,10H2,1-2H3,(H,18,19). The summed E-state index contributed by atoms with van der Waals surface area (Å²) in [7, 11) is 0. The molecule has 108 valence electrons. The summed E-state index contributed by atoms with van der Waals surface area (Å²) in [6, 6.07) is 13.0. The van der Waals surface area contributed by atoms with Gasteiger partial charge in [-0.3, -0.25) is 4.79 Å². The van der Waals surface area contributed by atoms with E-state index in [1.807, 2.05) is 24.3 Å². The lowest BCUT2D eigenvalue weighted by atomic mass is 10.0. The van der Waals surface area contributed by atoms with E-state index in [0.29, 0.717) is 23.0 Å². The van der Waals surface area contributed by atoms with Gasteiger partial charge in [-0.2, -0.15) is 0 Å². The number of carbonyl (C=O) groups is 1. The number of amides is 1. The minimum Gasteiger partial charge on any atom is -0.454 e. The van der Waals surface area contributed by atoms with Crippen LogP contribution in [0.1, 0.15) is 35.7 Å². The van der Waals surface area contributed by atoms with Gasteiger partial charge in [-0.05, 0) is 35.7 Å². The number of hydrogen-bond donors (Lipinski definition) is 1. The van der Waals surface area contributed by atoms with Crippen molar-refractivity contribution >= 4 is 11.6 Å². The first-order valence-corrected chi connectivity index (χ1v) is 6.95. The highest BCUT2D eigenvalue weighted by molar-refractivity contribution is 6.05. The van der Waals surface area contributed by atoms with Gasteiger partial charge in [0.1, 0.15) is 0 Å². The first kappa shape index (κ1) is 13.5. The van der Waals surface area contributed by atoms with E-state index in [1.165, 1.54) is 0 Å². The number of anilines is 1. The van der Waals surface area contributed by atoms with E-state index in [1.54, 1.807) is 18.2 Å². The maximum atomic E-state index is 12.4. The topological polar surface area (TPSA) is 47.6 Å². The molecule has 0 unspecified atom stereocenters. The van der Waals surface area contributed by atoms with E-state index < -0.39 is 0 Å². The van der Waals surface area contributed by atoms with Crippen molar-refractivity contribution in [3.8, 4) is 11.5 Å². The maximum absolute atomic E-state index is 12.4. The van der Waals surface area contributed by atoms with Gasteiger partial charge in [0.25, 0.3) is 5.91 Å². The normalized spacial score (nSPS) is 12.5. The fraction of sp³-hybridized carbons (Fsp3) is 0.235. The Hall–Kier alpha value is -2.49. The van der Waals surface area contributed by atoms with Crippen molar-refractivity contribution in [3.05, 3.63) is 53.6 Å². The Morgan fingerprint density at radius 3 is 2.67 bits per heavy atom. The number of rotatable bonds is 3. The van der Waals surface area contributed by atoms with Crippen molar-refractivity contribution in [2.24, 2.45) is 0 Å². The Balaban J connectivity index is 1.84. The van der Waals surface area contributed by atoms with E-state index in [0.717, 1.165) is 11.3 Å². The highest BCUT2D eigenvalue weighted by atomic mass is 16.7. The zero-order valence-electron chi connectivity index (χ0n) is 12.1. The quantitative estimate of drug-likeness (QED) is 0.932. The van der Waals surface area contributed by atoms with Crippen molar-refractivity contribution in [2.45, 2.75) is 19.8 Å². The van der Waals surface area contributed by atoms with Gasteiger partial charge < -0.3 is 14.8 Å². The van der Waals surface area contributed by atoms with Gasteiger partial charge in [-0.15, -0.1) is 0 Å². The molecule has 0 atom stereocenters. The minimum atomic E-state index is -0.151. The van der Waals surface area contributed by atoms with Gasteiger partial charge in [0, 0.05) is 11.3 Å². The Morgan fingerprint density at radius 1 is 1.10 bits per heavy atom. The Bertz CT molecular complexity index is 679. The molecule has 0 fully saturated rings. The molecule has 1 aliphatic heterocycles. The zero-order chi connectivity index (χ0) is 14.8. The molecule has 1 heterocycles. The Labute approximate surface area is 123 Å². The second kappa shape index (κ2) is 5.48. The summed E-state index contributed by atoms with van der Waals surface area (Å²) in [5.41, 5.74) is 2.51. The highest BCUT2D eigenvalue weighted by Gasteiger charge is 2.17. The van der Waals surface area contributed by atoms with E-state index in [2.05, 4.69) is 19.2 Å². The van der Waals surface area contributed by atoms with Gasteiger partial charge in [0.15, 0.2) is 11.5 Å². The van der Waals surface area contributed by atoms with Gasteiger partial charge >= 0.3 is 0 Å². The lowest BCUT2D eigenvalue weighted by Gasteiger charge is -2.13. The van der Waals surface area contributed by atoms with Crippen molar-refractivity contribution in [1.82, 2.24) is 0 Å². The van der Waals surface area contributed by atoms with Crippen LogP contribution in [0.4, 0.5) is 5.69 Å². The van der Waals surface area contributed by atoms with Crippen LogP contribution < -0.4 is 14.8 Å². The molecule has 21 heavy (non-hydrogen) atoms. The third-order valence-electron chi connectivity index (χ3n) is 3.47. The molecule has 0 spiro atoms. The average molecular weight is 283 g/mol. The molecule has 0 bridgehead atoms. The van der Waals surface area contributed by atoms with Crippen molar-refractivity contribution in [1.29, 1.82) is 0 Å². The molecule has 4 nitrogen and oxygen atoms in total. The lowest BCUT2D eigenvalue weighted by molar-refractivity contribution is 0.102. The summed E-state index contributed by atoms with van der Waals surface area (Å²) in [6.07, 6.45) is 0. The van der Waals surface area contributed by atoms with Crippen LogP contribution >= 0.6 is 0 Å². The molecule has 0 saturated heterocycles. The van der Waals surface area contributed by atoms with Crippen LogP contribution in [0.25, 0.3) is 0 Å². The first-order valence-electron chi connectivity index (χ1n) is 6.95. The summed E-state index contributed by atoms with van der Waals surface area (Å²) < 4.78 is 10.5. The molecule has 0 aromatic heterocycles. The molecular weight excluding hydrogens is 266 g/mol. The van der Waals surface area contributed by atoms with Crippen LogP contribution in [0.5, 0.6) is 11.5 Å². The molecule has 0 saturated carbocycles. The van der Waals surface area contributed by atoms with Crippen LogP contribution in [-0.4, -0.2) is 12.7 Å². The fourth-order valence-electron chi connectivity index (χ4n) is 2.35. The first-order chi connectivity index (χ1) is 10.1. The minimum absolute atomic E-state index is 0.151. The molecule has 1 N–H and O–H groups in total. The van der Waals surface area contributed by atoms with E-state index in [4.69, 9.17) is 9.47 Å². The summed E-state index contributed by atoms with van der Waals surface area (Å²) >= 11 is 0. The number of carbonyl (C=O) groups excluding carboxylic acids is 1. The monoisotopic (exact) mass is 283 g/mol. The van der Waals surface area contributed by atoms with Crippen LogP contribution in [0.2, 0.25) is 0 Å². The van der Waals surface area contributed by atoms with E-state index >= 15 is 0 Å². The largest absolute Gasteiger partial charge is 0.454 e. The lowest BCUT2D eigenvalue weighted by Crippen LogP contribution is -2.13. The van der Waals surface area contributed by atoms with Gasteiger partial charge in [0.05, 0.1) is 0 Å². The predicted octanol–water partition coefficient (Wildman–Crippen LogP) is 3.79. The average Bonchev–Trinajstić information content (AvgIpc) is 2.94. The van der Waals surface area contributed by atoms with E-state index in [9.17, 15) is 4.79 Å². The second-order valence-electron chi connectivity index (χ2n) is 5.26. The molecule has 1 amide bonds. The van der Waals surface area contributed by atoms with Gasteiger partial charge in [0.2, 0.25) is 6.79 Å². The van der Waals surface area contributed by atoms with Gasteiger partial charge in [-0.1, -0.05) is 32.0 Å². The smallest absolute Gasteiger partial charge is 0.255 e. The van der Waals surface area contributed by atoms with Crippen molar-refractivity contribution in [3.63, 3.8) is 0 Å². The summed E-state index contributed by atoms with van der Waals surface area (Å²) in [6.45, 7) is 4.41. The molecule has 1 aliphatic rings. The Kier molecular flexibility index (Phi) is 3.52. The molecule has 0 aliphatic carbocycles. The summed E-state index contributed by atoms with van der Waals surface area (Å²) in [5, 5.41) is 2.96. The molecule has 2 aromatic rings. The van der Waals surface area contributed by atoms with Gasteiger partial charge in [-0.25, -0.2) is 0 Å². The van der Waals surface area contributed by atoms with Crippen LogP contribution in [0.3, 0.4) is 0 Å². The Morgan fingerprint density at radius 2 is 1.86 bits per heavy atom. The zero-order valence-corrected chi connectivity index (χ0v) is 12.1. The maximum Gasteiger partial charge on any atom is 0.255 e. The van der Waals surface area contributed by atoms with E-state index in [-0.39, 0.29) is 12.7 Å². The second-order valence-corrected chi connectivity index (χ2v) is 5.26. The molecule has 4 heteroatoms. The molecular formula is C17H17NO3. The molecule has 3 rings (SSSR count). The fourth-order valence-corrected chi connectivity index (χ4v) is 2.35. The van der Waals surface area contributed by atoms with Crippen molar-refractivity contribution in [2.75, 3.05) is 12.1 Å². The highest BCUT2D eigenvalue weighted by Crippen LogP contribution is 2.33. The predicted molar refractivity (Wildman–Crippen MR) is 81.0 cm³/mol. The number of nitrogens with one attached hydrogen (secondary N) is 1. The third kappa shape index (κ3) is 2.70. The van der Waals surface area contributed by atoms with Crippen LogP contribution in [0, 0.1) is 0 Å². The SMILES string of the molecule is CC(C)c1ccccc1NC(=O)c1ccc2c(c1)OCO2. The third-order valence-corrected chi connectivity index (χ3v) is 3.47. The summed E-state index contributed by atoms with van der Waals surface area (Å²) in [5.74, 6) is 1.48. The summed E-state index contributed by atoms with van der Waals surface area (Å²) in [4.78, 5) is 12.4. The van der Waals surface area contributed by atoms with Crippen LogP contribution in [0.15, 0.2) is 42.5 Å². The number of hydrogen-bond acceptors (Lipinski definition) is 3. The number of ether oxygens (including phenoxy) is 2. The number of fused-ring (bicyclic) bond motifs is 1. The number of para-hydroxylation sites is 1. The van der Waals surface area contributed by atoms with Crippen LogP contribution in [-0.2, 0) is 0 Å². The number of benzene rings is 2. The molecule has 2 aromatic carbocycles.